The third-order valence-electron chi connectivity index (χ3n) is 2.42. The van der Waals surface area contributed by atoms with Crippen molar-refractivity contribution < 1.29 is 14.2 Å². The van der Waals surface area contributed by atoms with Crippen LogP contribution in [0.25, 0.3) is 0 Å². The molecular formula is C13H13ClN2O3. The predicted octanol–water partition coefficient (Wildman–Crippen LogP) is 3.02. The van der Waals surface area contributed by atoms with Crippen LogP contribution in [0.4, 0.5) is 0 Å². The van der Waals surface area contributed by atoms with Gasteiger partial charge in [-0.1, -0.05) is 6.07 Å². The minimum absolute atomic E-state index is 0.311. The summed E-state index contributed by atoms with van der Waals surface area (Å²) in [5, 5.41) is 7.84. The number of ether oxygens (including phenoxy) is 3. The van der Waals surface area contributed by atoms with Gasteiger partial charge in [0.25, 0.3) is 0 Å². The van der Waals surface area contributed by atoms with E-state index in [4.69, 9.17) is 25.8 Å². The summed E-state index contributed by atoms with van der Waals surface area (Å²) >= 11 is 5.65. The van der Waals surface area contributed by atoms with Gasteiger partial charge < -0.3 is 14.2 Å². The molecule has 0 atom stereocenters. The maximum absolute atomic E-state index is 5.66. The first-order valence-corrected chi connectivity index (χ1v) is 6.09. The van der Waals surface area contributed by atoms with E-state index >= 15 is 0 Å². The first kappa shape index (κ1) is 13.4. The minimum atomic E-state index is 0.311. The number of rotatable bonds is 5. The normalized spacial score (nSPS) is 10.1. The maximum atomic E-state index is 5.66. The van der Waals surface area contributed by atoms with Gasteiger partial charge in [0.05, 0.1) is 25.8 Å². The Morgan fingerprint density at radius 3 is 2.16 bits per heavy atom. The molecule has 0 unspecified atom stereocenters. The van der Waals surface area contributed by atoms with E-state index in [9.17, 15) is 0 Å². The van der Waals surface area contributed by atoms with E-state index < -0.39 is 0 Å². The lowest BCUT2D eigenvalue weighted by molar-refractivity contribution is 0.340. The molecule has 6 heteroatoms. The van der Waals surface area contributed by atoms with Gasteiger partial charge in [0.1, 0.15) is 0 Å². The zero-order valence-electron chi connectivity index (χ0n) is 10.6. The van der Waals surface area contributed by atoms with E-state index in [1.54, 1.807) is 38.5 Å². The molecule has 0 amide bonds. The lowest BCUT2D eigenvalue weighted by Gasteiger charge is -2.12. The molecule has 0 radical (unpaired) electrons. The molecule has 19 heavy (non-hydrogen) atoms. The quantitative estimate of drug-likeness (QED) is 0.788. The van der Waals surface area contributed by atoms with Crippen molar-refractivity contribution in [1.29, 1.82) is 0 Å². The van der Waals surface area contributed by atoms with Crippen LogP contribution >= 0.6 is 11.6 Å². The fourth-order valence-corrected chi connectivity index (χ4v) is 1.64. The number of nitrogens with zero attached hydrogens (tertiary/aromatic N) is 2. The Morgan fingerprint density at radius 1 is 1.00 bits per heavy atom. The SMILES string of the molecule is COc1cccc(OC)c1Oc1ccc(CCl)nn1. The average Bonchev–Trinajstić information content (AvgIpc) is 2.48. The molecule has 0 aliphatic heterocycles. The molecule has 2 rings (SSSR count). The van der Waals surface area contributed by atoms with Crippen LogP contribution in [0.3, 0.4) is 0 Å². The highest BCUT2D eigenvalue weighted by molar-refractivity contribution is 6.16. The van der Waals surface area contributed by atoms with E-state index in [1.807, 2.05) is 6.07 Å². The van der Waals surface area contributed by atoms with Crippen LogP contribution in [0.15, 0.2) is 30.3 Å². The second-order valence-corrected chi connectivity index (χ2v) is 3.86. The molecule has 1 heterocycles. The number of halogens is 1. The Labute approximate surface area is 116 Å². The highest BCUT2D eigenvalue weighted by atomic mass is 35.5. The van der Waals surface area contributed by atoms with Gasteiger partial charge >= 0.3 is 0 Å². The molecular weight excluding hydrogens is 268 g/mol. The Balaban J connectivity index is 2.30. The first-order chi connectivity index (χ1) is 9.28. The van der Waals surface area contributed by atoms with E-state index in [1.165, 1.54) is 0 Å². The van der Waals surface area contributed by atoms with Crippen LogP contribution in [0.2, 0.25) is 0 Å². The monoisotopic (exact) mass is 280 g/mol. The van der Waals surface area contributed by atoms with Crippen molar-refractivity contribution in [3.05, 3.63) is 36.0 Å². The second kappa shape index (κ2) is 6.24. The third-order valence-corrected chi connectivity index (χ3v) is 2.70. The Morgan fingerprint density at radius 2 is 1.68 bits per heavy atom. The molecule has 0 N–H and O–H groups in total. The Bertz CT molecular complexity index is 524. The van der Waals surface area contributed by atoms with Gasteiger partial charge in [0.2, 0.25) is 11.6 Å². The minimum Gasteiger partial charge on any atom is -0.493 e. The van der Waals surface area contributed by atoms with Gasteiger partial charge in [-0.15, -0.1) is 16.7 Å². The summed E-state index contributed by atoms with van der Waals surface area (Å²) in [7, 11) is 3.12. The van der Waals surface area contributed by atoms with Gasteiger partial charge in [-0.2, -0.15) is 5.10 Å². The highest BCUT2D eigenvalue weighted by Gasteiger charge is 2.13. The summed E-state index contributed by atoms with van der Waals surface area (Å²) < 4.78 is 16.1. The van der Waals surface area contributed by atoms with Crippen LogP contribution in [-0.2, 0) is 5.88 Å². The summed E-state index contributed by atoms with van der Waals surface area (Å²) in [6.07, 6.45) is 0. The highest BCUT2D eigenvalue weighted by Crippen LogP contribution is 2.39. The molecule has 100 valence electrons. The molecule has 1 aromatic heterocycles. The van der Waals surface area contributed by atoms with Crippen molar-refractivity contribution in [3.63, 3.8) is 0 Å². The molecule has 0 aliphatic carbocycles. The standard InChI is InChI=1S/C13H13ClN2O3/c1-17-10-4-3-5-11(18-2)13(10)19-12-7-6-9(8-14)15-16-12/h3-7H,8H2,1-2H3. The largest absolute Gasteiger partial charge is 0.493 e. The molecule has 0 fully saturated rings. The first-order valence-electron chi connectivity index (χ1n) is 5.56. The predicted molar refractivity (Wildman–Crippen MR) is 71.2 cm³/mol. The molecule has 0 saturated heterocycles. The molecule has 0 spiro atoms. The second-order valence-electron chi connectivity index (χ2n) is 3.59. The van der Waals surface area contributed by atoms with Crippen LogP contribution in [0, 0.1) is 0 Å². The number of methoxy groups -OCH3 is 2. The van der Waals surface area contributed by atoms with Crippen LogP contribution in [-0.4, -0.2) is 24.4 Å². The van der Waals surface area contributed by atoms with Crippen molar-refractivity contribution in [2.24, 2.45) is 0 Å². The van der Waals surface area contributed by atoms with Crippen LogP contribution < -0.4 is 14.2 Å². The van der Waals surface area contributed by atoms with E-state index in [2.05, 4.69) is 10.2 Å². The molecule has 1 aromatic carbocycles. The van der Waals surface area contributed by atoms with E-state index in [0.29, 0.717) is 34.7 Å². The zero-order valence-corrected chi connectivity index (χ0v) is 11.3. The van der Waals surface area contributed by atoms with Crippen LogP contribution in [0.1, 0.15) is 5.69 Å². The number of aromatic nitrogens is 2. The molecule has 0 bridgehead atoms. The number of hydrogen-bond donors (Lipinski definition) is 0. The fourth-order valence-electron chi connectivity index (χ4n) is 1.50. The van der Waals surface area contributed by atoms with Gasteiger partial charge in [-0.25, -0.2) is 0 Å². The summed E-state index contributed by atoms with van der Waals surface area (Å²) in [6, 6.07) is 8.80. The number of hydrogen-bond acceptors (Lipinski definition) is 5. The number of para-hydroxylation sites is 1. The third kappa shape index (κ3) is 3.06. The summed E-state index contributed by atoms with van der Waals surface area (Å²) in [5.74, 6) is 2.23. The van der Waals surface area contributed by atoms with E-state index in [0.717, 1.165) is 0 Å². The summed E-state index contributed by atoms with van der Waals surface area (Å²) in [4.78, 5) is 0. The molecule has 2 aromatic rings. The zero-order chi connectivity index (χ0) is 13.7. The van der Waals surface area contributed by atoms with Crippen molar-refractivity contribution in [2.75, 3.05) is 14.2 Å². The smallest absolute Gasteiger partial charge is 0.239 e. The topological polar surface area (TPSA) is 53.5 Å². The van der Waals surface area contributed by atoms with Crippen molar-refractivity contribution in [3.8, 4) is 23.1 Å². The van der Waals surface area contributed by atoms with Crippen LogP contribution in [0.5, 0.6) is 23.1 Å². The summed E-state index contributed by atoms with van der Waals surface area (Å²) in [6.45, 7) is 0. The van der Waals surface area contributed by atoms with Crippen molar-refractivity contribution in [1.82, 2.24) is 10.2 Å². The molecule has 0 aliphatic rings. The Kier molecular flexibility index (Phi) is 4.41. The lowest BCUT2D eigenvalue weighted by atomic mass is 10.3. The van der Waals surface area contributed by atoms with Crippen molar-refractivity contribution >= 4 is 11.6 Å². The summed E-state index contributed by atoms with van der Waals surface area (Å²) in [5.41, 5.74) is 0.681. The van der Waals surface area contributed by atoms with Gasteiger partial charge in [-0.05, 0) is 18.2 Å². The number of alkyl halides is 1. The molecule has 0 saturated carbocycles. The van der Waals surface area contributed by atoms with Gasteiger partial charge in [-0.3, -0.25) is 0 Å². The average molecular weight is 281 g/mol. The van der Waals surface area contributed by atoms with Crippen molar-refractivity contribution in [2.45, 2.75) is 5.88 Å². The maximum Gasteiger partial charge on any atom is 0.239 e. The molecule has 5 nitrogen and oxygen atoms in total. The lowest BCUT2D eigenvalue weighted by Crippen LogP contribution is -1.97. The van der Waals surface area contributed by atoms with Gasteiger partial charge in [0, 0.05) is 6.07 Å². The fraction of sp³-hybridized carbons (Fsp3) is 0.231. The Hall–Kier alpha value is -2.01. The van der Waals surface area contributed by atoms with E-state index in [-0.39, 0.29) is 0 Å². The van der Waals surface area contributed by atoms with Gasteiger partial charge in [0.15, 0.2) is 11.5 Å². The number of benzene rings is 1.